The van der Waals surface area contributed by atoms with E-state index in [1.807, 2.05) is 12.4 Å². The molecule has 0 aliphatic carbocycles. The highest BCUT2D eigenvalue weighted by molar-refractivity contribution is 6.27. The van der Waals surface area contributed by atoms with Crippen LogP contribution in [0.25, 0.3) is 142 Å². The maximum Gasteiger partial charge on any atom is 0.159 e. The molecule has 14 aromatic rings. The highest BCUT2D eigenvalue weighted by atomic mass is 14.9. The molecule has 66 heavy (non-hydrogen) atoms. The lowest BCUT2D eigenvalue weighted by Gasteiger charge is -2.13. The Morgan fingerprint density at radius 1 is 0.197 bits per heavy atom. The fourth-order valence-corrected chi connectivity index (χ4v) is 10.6. The number of fused-ring (bicyclic) bond motifs is 18. The number of aromatic nitrogens is 4. The Morgan fingerprint density at radius 2 is 0.470 bits per heavy atom. The quantitative estimate of drug-likeness (QED) is 0.166. The molecule has 12 aromatic carbocycles. The molecular weight excluding hydrogens is 801 g/mol. The van der Waals surface area contributed by atoms with Gasteiger partial charge in [-0.2, -0.15) is 0 Å². The average molecular weight is 837 g/mol. The first-order valence-corrected chi connectivity index (χ1v) is 22.4. The Balaban J connectivity index is 0.893. The highest BCUT2D eigenvalue weighted by Crippen LogP contribution is 2.41. The molecule has 2 heterocycles. The van der Waals surface area contributed by atoms with Gasteiger partial charge >= 0.3 is 0 Å². The van der Waals surface area contributed by atoms with E-state index in [1.165, 1.54) is 64.6 Å². The van der Waals surface area contributed by atoms with Crippen molar-refractivity contribution >= 4 is 97.2 Å². The van der Waals surface area contributed by atoms with Crippen LogP contribution < -0.4 is 0 Å². The molecule has 0 saturated heterocycles. The topological polar surface area (TPSA) is 51.6 Å². The summed E-state index contributed by atoms with van der Waals surface area (Å²) in [6.45, 7) is 0. The zero-order chi connectivity index (χ0) is 43.3. The zero-order valence-electron chi connectivity index (χ0n) is 35.6. The summed E-state index contributed by atoms with van der Waals surface area (Å²) in [4.78, 5) is 20.8. The molecule has 0 saturated carbocycles. The summed E-state index contributed by atoms with van der Waals surface area (Å²) in [5, 5.41) is 19.2. The molecule has 4 nitrogen and oxygen atoms in total. The minimum absolute atomic E-state index is 0.650. The van der Waals surface area contributed by atoms with Crippen LogP contribution in [0.4, 0.5) is 0 Å². The largest absolute Gasteiger partial charge is 0.236 e. The third kappa shape index (κ3) is 5.58. The third-order valence-corrected chi connectivity index (χ3v) is 13.7. The van der Waals surface area contributed by atoms with Gasteiger partial charge in [-0.25, -0.2) is 19.9 Å². The van der Waals surface area contributed by atoms with E-state index in [-0.39, 0.29) is 0 Å². The minimum atomic E-state index is 0.650. The Morgan fingerprint density at radius 3 is 0.818 bits per heavy atom. The van der Waals surface area contributed by atoms with Gasteiger partial charge in [0.15, 0.2) is 11.6 Å². The molecule has 0 unspecified atom stereocenters. The van der Waals surface area contributed by atoms with Crippen LogP contribution in [0.1, 0.15) is 0 Å². The zero-order valence-corrected chi connectivity index (χ0v) is 35.6. The molecule has 0 radical (unpaired) electrons. The third-order valence-electron chi connectivity index (χ3n) is 13.7. The first kappa shape index (κ1) is 36.6. The van der Waals surface area contributed by atoms with Crippen molar-refractivity contribution in [3.63, 3.8) is 0 Å². The Labute approximate surface area is 379 Å². The van der Waals surface area contributed by atoms with Crippen LogP contribution in [0.5, 0.6) is 0 Å². The molecule has 0 spiro atoms. The average Bonchev–Trinajstić information content (AvgIpc) is 3.40. The summed E-state index contributed by atoms with van der Waals surface area (Å²) in [6.07, 6.45) is 3.93. The Kier molecular flexibility index (Phi) is 7.95. The van der Waals surface area contributed by atoms with Crippen molar-refractivity contribution in [1.29, 1.82) is 0 Å². The number of rotatable bonds is 4. The lowest BCUT2D eigenvalue weighted by atomic mass is 9.92. The van der Waals surface area contributed by atoms with Crippen LogP contribution in [0, 0.1) is 0 Å². The molecule has 2 aromatic heterocycles. The van der Waals surface area contributed by atoms with E-state index in [0.29, 0.717) is 11.6 Å². The first-order chi connectivity index (χ1) is 32.7. The Hall–Kier alpha value is -8.86. The minimum Gasteiger partial charge on any atom is -0.236 e. The van der Waals surface area contributed by atoms with Crippen molar-refractivity contribution in [3.8, 4) is 45.0 Å². The standard InChI is InChI=1S/C62H36N4/c1-3-21-47-43(17-1)45-19-5-7-23-49(45)55-33-39(27-29-53(47)55)37-13-11-15-41(31-37)61-63-35-57-51-25-9-10-26-52(51)58-36-64-62(66-60(58)59(57)65-61)42-16-12-14-38(32-42)40-28-30-54-48-22-4-2-18-44(48)46-20-6-8-24-50(46)56(54)34-40/h1-36H. The van der Waals surface area contributed by atoms with Gasteiger partial charge in [0.1, 0.15) is 11.0 Å². The molecule has 0 bridgehead atoms. The van der Waals surface area contributed by atoms with Gasteiger partial charge in [-0.05, 0) is 122 Å². The fourth-order valence-electron chi connectivity index (χ4n) is 10.6. The molecule has 0 amide bonds. The molecule has 4 heteroatoms. The van der Waals surface area contributed by atoms with Crippen LogP contribution in [-0.2, 0) is 0 Å². The summed E-state index contributed by atoms with van der Waals surface area (Å²) < 4.78 is 0. The van der Waals surface area contributed by atoms with Gasteiger partial charge < -0.3 is 0 Å². The van der Waals surface area contributed by atoms with Gasteiger partial charge in [0, 0.05) is 34.3 Å². The first-order valence-electron chi connectivity index (χ1n) is 22.4. The van der Waals surface area contributed by atoms with E-state index in [4.69, 9.17) is 19.9 Å². The maximum atomic E-state index is 5.36. The maximum absolute atomic E-state index is 5.36. The summed E-state index contributed by atoms with van der Waals surface area (Å²) in [7, 11) is 0. The normalized spacial score (nSPS) is 11.9. The van der Waals surface area contributed by atoms with Crippen molar-refractivity contribution in [1.82, 2.24) is 19.9 Å². The van der Waals surface area contributed by atoms with E-state index in [2.05, 4.69) is 206 Å². The lowest BCUT2D eigenvalue weighted by Crippen LogP contribution is -1.97. The molecule has 0 atom stereocenters. The smallest absolute Gasteiger partial charge is 0.159 e. The van der Waals surface area contributed by atoms with Gasteiger partial charge in [-0.1, -0.05) is 182 Å². The monoisotopic (exact) mass is 836 g/mol. The molecular formula is C62H36N4. The van der Waals surface area contributed by atoms with Gasteiger partial charge in [0.2, 0.25) is 0 Å². The predicted molar refractivity (Wildman–Crippen MR) is 277 cm³/mol. The van der Waals surface area contributed by atoms with E-state index < -0.39 is 0 Å². The van der Waals surface area contributed by atoms with Crippen molar-refractivity contribution in [2.75, 3.05) is 0 Å². The molecule has 0 aliphatic heterocycles. The lowest BCUT2D eigenvalue weighted by molar-refractivity contribution is 1.21. The van der Waals surface area contributed by atoms with Crippen molar-refractivity contribution < 1.29 is 0 Å². The number of hydrogen-bond acceptors (Lipinski definition) is 4. The van der Waals surface area contributed by atoms with E-state index in [1.54, 1.807) is 0 Å². The SMILES string of the molecule is c1cc(-c2ccc3c4ccccc4c4ccccc4c3c2)cc(-c2ncc3c4ccccc4c4cnc(-c5cccc(-c6ccc7c8ccccc8c8ccccc8c7c6)c5)nc4c3n2)c1. The van der Waals surface area contributed by atoms with Crippen molar-refractivity contribution in [2.24, 2.45) is 0 Å². The van der Waals surface area contributed by atoms with Crippen molar-refractivity contribution in [3.05, 3.63) is 219 Å². The van der Waals surface area contributed by atoms with E-state index in [9.17, 15) is 0 Å². The van der Waals surface area contributed by atoms with E-state index >= 15 is 0 Å². The number of nitrogens with zero attached hydrogens (tertiary/aromatic N) is 4. The molecule has 0 N–H and O–H groups in total. The molecule has 14 rings (SSSR count). The summed E-state index contributed by atoms with van der Waals surface area (Å²) >= 11 is 0. The van der Waals surface area contributed by atoms with Crippen LogP contribution in [0.2, 0.25) is 0 Å². The number of benzene rings is 12. The second-order valence-corrected chi connectivity index (χ2v) is 17.3. The van der Waals surface area contributed by atoms with Crippen LogP contribution in [0.15, 0.2) is 219 Å². The highest BCUT2D eigenvalue weighted by Gasteiger charge is 2.17. The predicted octanol–water partition coefficient (Wildman–Crippen LogP) is 16.3. The fraction of sp³-hybridized carbons (Fsp3) is 0. The summed E-state index contributed by atoms with van der Waals surface area (Å²) in [5.41, 5.74) is 7.99. The molecule has 304 valence electrons. The second-order valence-electron chi connectivity index (χ2n) is 17.3. The number of hydrogen-bond donors (Lipinski definition) is 0. The Bertz CT molecular complexity index is 4010. The molecule has 0 aliphatic rings. The van der Waals surface area contributed by atoms with E-state index in [0.717, 1.165) is 66.0 Å². The molecule has 0 fully saturated rings. The van der Waals surface area contributed by atoms with Crippen LogP contribution in [0.3, 0.4) is 0 Å². The summed E-state index contributed by atoms with van der Waals surface area (Å²) in [6, 6.07) is 74.1. The van der Waals surface area contributed by atoms with Crippen LogP contribution >= 0.6 is 0 Å². The van der Waals surface area contributed by atoms with Gasteiger partial charge in [-0.3, -0.25) is 0 Å². The van der Waals surface area contributed by atoms with Crippen molar-refractivity contribution in [2.45, 2.75) is 0 Å². The van der Waals surface area contributed by atoms with Gasteiger partial charge in [0.25, 0.3) is 0 Å². The van der Waals surface area contributed by atoms with Gasteiger partial charge in [-0.15, -0.1) is 0 Å². The summed E-state index contributed by atoms with van der Waals surface area (Å²) in [5.74, 6) is 1.30. The second kappa shape index (κ2) is 14.3. The van der Waals surface area contributed by atoms with Gasteiger partial charge in [0.05, 0.1) is 0 Å². The van der Waals surface area contributed by atoms with Crippen LogP contribution in [-0.4, -0.2) is 19.9 Å².